The summed E-state index contributed by atoms with van der Waals surface area (Å²) in [6, 6.07) is 8.97. The van der Waals surface area contributed by atoms with Crippen LogP contribution in [0.2, 0.25) is 5.02 Å². The number of benzene rings is 1. The normalized spacial score (nSPS) is 10.7. The van der Waals surface area contributed by atoms with Crippen molar-refractivity contribution in [1.29, 1.82) is 0 Å². The van der Waals surface area contributed by atoms with Crippen LogP contribution in [0.1, 0.15) is 19.4 Å². The molecular weight excluding hydrogens is 288 g/mol. The molecule has 1 aromatic heterocycles. The molecule has 0 aliphatic heterocycles. The van der Waals surface area contributed by atoms with Crippen molar-refractivity contribution in [2.75, 3.05) is 12.3 Å². The molecule has 2 rings (SSSR count). The van der Waals surface area contributed by atoms with Crippen LogP contribution in [0.4, 0.5) is 5.69 Å². The van der Waals surface area contributed by atoms with Gasteiger partial charge in [0.15, 0.2) is 0 Å². The molecule has 0 spiro atoms. The minimum atomic E-state index is 0.379. The summed E-state index contributed by atoms with van der Waals surface area (Å²) in [6.45, 7) is 6.63. The molecule has 0 fully saturated rings. The first-order valence-electron chi connectivity index (χ1n) is 6.79. The molecule has 0 saturated heterocycles. The summed E-state index contributed by atoms with van der Waals surface area (Å²) in [5.41, 5.74) is 7.40. The molecule has 0 atom stereocenters. The molecule has 2 aromatic rings. The maximum absolute atomic E-state index is 6.14. The Morgan fingerprint density at radius 1 is 1.24 bits per heavy atom. The van der Waals surface area contributed by atoms with Gasteiger partial charge in [-0.05, 0) is 36.6 Å². The van der Waals surface area contributed by atoms with Crippen molar-refractivity contribution in [3.05, 3.63) is 40.9 Å². The molecule has 0 bridgehead atoms. The monoisotopic (exact) mass is 306 g/mol. The van der Waals surface area contributed by atoms with Gasteiger partial charge in [-0.2, -0.15) is 4.98 Å². The molecule has 0 radical (unpaired) electrons. The second-order valence-corrected chi connectivity index (χ2v) is 5.69. The Bertz CT molecular complexity index is 630. The van der Waals surface area contributed by atoms with E-state index in [2.05, 4.69) is 18.8 Å². The highest BCUT2D eigenvalue weighted by molar-refractivity contribution is 6.32. The molecule has 2 N–H and O–H groups in total. The van der Waals surface area contributed by atoms with E-state index in [1.165, 1.54) is 0 Å². The smallest absolute Gasteiger partial charge is 0.240 e. The fraction of sp³-hybridized carbons (Fsp3) is 0.312. The summed E-state index contributed by atoms with van der Waals surface area (Å²) in [7, 11) is 0. The number of nitrogens with zero attached hydrogens (tertiary/aromatic N) is 1. The van der Waals surface area contributed by atoms with Gasteiger partial charge in [0, 0.05) is 6.07 Å². The molecule has 0 unspecified atom stereocenters. The highest BCUT2D eigenvalue weighted by atomic mass is 35.5. The van der Waals surface area contributed by atoms with Gasteiger partial charge in [0.2, 0.25) is 11.8 Å². The fourth-order valence-electron chi connectivity index (χ4n) is 1.65. The summed E-state index contributed by atoms with van der Waals surface area (Å²) in [5.74, 6) is 1.72. The van der Waals surface area contributed by atoms with Crippen LogP contribution in [-0.4, -0.2) is 11.6 Å². The molecule has 1 aromatic carbocycles. The number of anilines is 1. The van der Waals surface area contributed by atoms with Gasteiger partial charge in [-0.15, -0.1) is 0 Å². The molecule has 0 aliphatic carbocycles. The molecule has 112 valence electrons. The number of halogens is 1. The lowest BCUT2D eigenvalue weighted by atomic mass is 10.2. The van der Waals surface area contributed by atoms with Crippen molar-refractivity contribution < 1.29 is 9.47 Å². The highest BCUT2D eigenvalue weighted by Gasteiger charge is 2.09. The van der Waals surface area contributed by atoms with E-state index in [0.717, 1.165) is 5.56 Å². The molecule has 21 heavy (non-hydrogen) atoms. The van der Waals surface area contributed by atoms with Crippen molar-refractivity contribution in [1.82, 2.24) is 4.98 Å². The second-order valence-electron chi connectivity index (χ2n) is 5.28. The van der Waals surface area contributed by atoms with Crippen LogP contribution >= 0.6 is 11.6 Å². The second kappa shape index (κ2) is 6.68. The number of ether oxygens (including phenoxy) is 2. The quantitative estimate of drug-likeness (QED) is 0.886. The predicted octanol–water partition coefficient (Wildman–Crippen LogP) is 4.45. The Hall–Kier alpha value is -1.94. The van der Waals surface area contributed by atoms with Crippen LogP contribution in [0.25, 0.3) is 0 Å². The highest BCUT2D eigenvalue weighted by Crippen LogP contribution is 2.31. The van der Waals surface area contributed by atoms with Gasteiger partial charge in [-0.3, -0.25) is 0 Å². The largest absolute Gasteiger partial charge is 0.476 e. The van der Waals surface area contributed by atoms with Crippen LogP contribution in [0.5, 0.6) is 17.5 Å². The maximum Gasteiger partial charge on any atom is 0.240 e. The number of rotatable bonds is 5. The third-order valence-electron chi connectivity index (χ3n) is 2.72. The number of pyridine rings is 1. The summed E-state index contributed by atoms with van der Waals surface area (Å²) in [4.78, 5) is 4.27. The average Bonchev–Trinajstić information content (AvgIpc) is 2.42. The van der Waals surface area contributed by atoms with E-state index in [1.807, 2.05) is 25.1 Å². The zero-order chi connectivity index (χ0) is 15.4. The lowest BCUT2D eigenvalue weighted by Gasteiger charge is -2.12. The molecule has 0 saturated carbocycles. The minimum Gasteiger partial charge on any atom is -0.476 e. The molecule has 5 heteroatoms. The standard InChI is InChI=1S/C16H19ClN2O2/c1-10(2)9-20-16-13(18)5-7-15(19-16)21-14-6-4-11(3)8-12(14)17/h4-8,10H,9,18H2,1-3H3. The first-order valence-corrected chi connectivity index (χ1v) is 7.17. The van der Waals surface area contributed by atoms with E-state index in [9.17, 15) is 0 Å². The van der Waals surface area contributed by atoms with E-state index in [0.29, 0.717) is 40.7 Å². The number of hydrogen-bond donors (Lipinski definition) is 1. The van der Waals surface area contributed by atoms with Crippen molar-refractivity contribution in [2.24, 2.45) is 5.92 Å². The fourth-order valence-corrected chi connectivity index (χ4v) is 1.93. The first-order chi connectivity index (χ1) is 9.95. The first kappa shape index (κ1) is 15.4. The maximum atomic E-state index is 6.14. The van der Waals surface area contributed by atoms with Crippen molar-refractivity contribution in [3.63, 3.8) is 0 Å². The topological polar surface area (TPSA) is 57.4 Å². The molecule has 4 nitrogen and oxygen atoms in total. The summed E-state index contributed by atoms with van der Waals surface area (Å²) >= 11 is 6.14. The van der Waals surface area contributed by atoms with Gasteiger partial charge in [0.05, 0.1) is 17.3 Å². The zero-order valence-electron chi connectivity index (χ0n) is 12.4. The van der Waals surface area contributed by atoms with Crippen molar-refractivity contribution >= 4 is 17.3 Å². The van der Waals surface area contributed by atoms with Gasteiger partial charge in [-0.25, -0.2) is 0 Å². The Balaban J connectivity index is 2.18. The summed E-state index contributed by atoms with van der Waals surface area (Å²) < 4.78 is 11.3. The summed E-state index contributed by atoms with van der Waals surface area (Å²) in [5, 5.41) is 0.540. The van der Waals surface area contributed by atoms with Crippen LogP contribution < -0.4 is 15.2 Å². The Labute approximate surface area is 129 Å². The van der Waals surface area contributed by atoms with E-state index in [1.54, 1.807) is 12.1 Å². The average molecular weight is 307 g/mol. The predicted molar refractivity (Wildman–Crippen MR) is 85.2 cm³/mol. The van der Waals surface area contributed by atoms with Gasteiger partial charge >= 0.3 is 0 Å². The van der Waals surface area contributed by atoms with Gasteiger partial charge in [-0.1, -0.05) is 31.5 Å². The summed E-state index contributed by atoms with van der Waals surface area (Å²) in [6.07, 6.45) is 0. The van der Waals surface area contributed by atoms with Crippen LogP contribution in [0.15, 0.2) is 30.3 Å². The number of nitrogen functional groups attached to an aromatic ring is 1. The number of nitrogens with two attached hydrogens (primary N) is 1. The Morgan fingerprint density at radius 2 is 2.00 bits per heavy atom. The van der Waals surface area contributed by atoms with Crippen molar-refractivity contribution in [3.8, 4) is 17.5 Å². The van der Waals surface area contributed by atoms with E-state index in [4.69, 9.17) is 26.8 Å². The van der Waals surface area contributed by atoms with Crippen LogP contribution in [0.3, 0.4) is 0 Å². The number of aryl methyl sites for hydroxylation is 1. The third kappa shape index (κ3) is 4.26. The lowest BCUT2D eigenvalue weighted by molar-refractivity contribution is 0.260. The molecule has 1 heterocycles. The lowest BCUT2D eigenvalue weighted by Crippen LogP contribution is -2.07. The molecule has 0 amide bonds. The number of hydrogen-bond acceptors (Lipinski definition) is 4. The SMILES string of the molecule is Cc1ccc(Oc2ccc(N)c(OCC(C)C)n2)c(Cl)c1. The van der Waals surface area contributed by atoms with Gasteiger partial charge < -0.3 is 15.2 Å². The molecule has 0 aliphatic rings. The van der Waals surface area contributed by atoms with E-state index in [-0.39, 0.29) is 0 Å². The van der Waals surface area contributed by atoms with E-state index >= 15 is 0 Å². The van der Waals surface area contributed by atoms with Crippen molar-refractivity contribution in [2.45, 2.75) is 20.8 Å². The van der Waals surface area contributed by atoms with E-state index < -0.39 is 0 Å². The molecular formula is C16H19ClN2O2. The van der Waals surface area contributed by atoms with Crippen LogP contribution in [0, 0.1) is 12.8 Å². The number of aromatic nitrogens is 1. The Morgan fingerprint density at radius 3 is 2.67 bits per heavy atom. The minimum absolute atomic E-state index is 0.379. The van der Waals surface area contributed by atoms with Gasteiger partial charge in [0.1, 0.15) is 5.75 Å². The third-order valence-corrected chi connectivity index (χ3v) is 3.01. The van der Waals surface area contributed by atoms with Gasteiger partial charge in [0.25, 0.3) is 0 Å². The Kier molecular flexibility index (Phi) is 4.91. The van der Waals surface area contributed by atoms with Crippen LogP contribution in [-0.2, 0) is 0 Å². The zero-order valence-corrected chi connectivity index (χ0v) is 13.1.